The molecule has 1 aromatic carbocycles. The van der Waals surface area contributed by atoms with Gasteiger partial charge in [-0.1, -0.05) is 34.1 Å². The van der Waals surface area contributed by atoms with E-state index in [1.807, 2.05) is 18.4 Å². The van der Waals surface area contributed by atoms with Crippen molar-refractivity contribution in [1.29, 1.82) is 0 Å². The van der Waals surface area contributed by atoms with Gasteiger partial charge in [0, 0.05) is 28.2 Å². The summed E-state index contributed by atoms with van der Waals surface area (Å²) < 4.78 is 1.17. The molecule has 19 heavy (non-hydrogen) atoms. The van der Waals surface area contributed by atoms with Crippen LogP contribution in [0.4, 0.5) is 0 Å². The van der Waals surface area contributed by atoms with Crippen LogP contribution >= 0.6 is 27.3 Å². The number of thiazole rings is 1. The lowest BCUT2D eigenvalue weighted by Gasteiger charge is -2.00. The van der Waals surface area contributed by atoms with E-state index in [2.05, 4.69) is 45.5 Å². The van der Waals surface area contributed by atoms with Crippen molar-refractivity contribution in [3.63, 3.8) is 0 Å². The van der Waals surface area contributed by atoms with Crippen molar-refractivity contribution in [2.45, 2.75) is 31.7 Å². The second-order valence-corrected chi connectivity index (χ2v) is 7.01. The van der Waals surface area contributed by atoms with E-state index in [0.29, 0.717) is 0 Å². The minimum absolute atomic E-state index is 0.729. The summed E-state index contributed by atoms with van der Waals surface area (Å²) in [6, 6.07) is 8.40. The predicted molar refractivity (Wildman–Crippen MR) is 83.8 cm³/mol. The highest BCUT2D eigenvalue weighted by Gasteiger charge is 2.29. The first-order valence-electron chi connectivity index (χ1n) is 6.64. The van der Waals surface area contributed by atoms with Crippen LogP contribution in [0, 0.1) is 0 Å². The van der Waals surface area contributed by atoms with Gasteiger partial charge in [0.15, 0.2) is 0 Å². The fourth-order valence-electron chi connectivity index (χ4n) is 2.26. The zero-order valence-electron chi connectivity index (χ0n) is 10.9. The third-order valence-corrected chi connectivity index (χ3v) is 5.22. The molecule has 1 aliphatic carbocycles. The Labute approximate surface area is 126 Å². The van der Waals surface area contributed by atoms with E-state index in [1.165, 1.54) is 38.5 Å². The monoisotopic (exact) mass is 336 g/mol. The lowest BCUT2D eigenvalue weighted by atomic mass is 10.1. The lowest BCUT2D eigenvalue weighted by Crippen LogP contribution is -2.05. The first-order chi connectivity index (χ1) is 9.28. The van der Waals surface area contributed by atoms with Crippen molar-refractivity contribution in [3.05, 3.63) is 49.9 Å². The molecule has 1 aromatic heterocycles. The zero-order chi connectivity index (χ0) is 13.2. The highest BCUT2D eigenvalue weighted by Crippen LogP contribution is 2.43. The van der Waals surface area contributed by atoms with Gasteiger partial charge in [-0.05, 0) is 31.5 Å². The Morgan fingerprint density at radius 1 is 1.37 bits per heavy atom. The van der Waals surface area contributed by atoms with E-state index < -0.39 is 0 Å². The predicted octanol–water partition coefficient (Wildman–Crippen LogP) is 4.09. The van der Waals surface area contributed by atoms with E-state index in [9.17, 15) is 0 Å². The van der Waals surface area contributed by atoms with Gasteiger partial charge in [-0.2, -0.15) is 0 Å². The molecule has 1 fully saturated rings. The summed E-state index contributed by atoms with van der Waals surface area (Å²) in [4.78, 5) is 6.31. The average molecular weight is 337 g/mol. The smallest absolute Gasteiger partial charge is 0.0975 e. The van der Waals surface area contributed by atoms with Crippen LogP contribution in [0.3, 0.4) is 0 Å². The minimum Gasteiger partial charge on any atom is -0.315 e. The van der Waals surface area contributed by atoms with Gasteiger partial charge in [0.1, 0.15) is 0 Å². The molecule has 1 N–H and O–H groups in total. The van der Waals surface area contributed by atoms with Crippen molar-refractivity contribution in [1.82, 2.24) is 10.3 Å². The molecular formula is C15H17BrN2S. The second kappa shape index (κ2) is 5.73. The largest absolute Gasteiger partial charge is 0.315 e. The SMILES string of the molecule is CNCc1sc(Cc2ccccc2Br)nc1C1CC1. The van der Waals surface area contributed by atoms with Crippen LogP contribution in [0.1, 0.15) is 39.9 Å². The molecule has 1 aliphatic rings. The Morgan fingerprint density at radius 3 is 2.84 bits per heavy atom. The molecule has 0 unspecified atom stereocenters. The first kappa shape index (κ1) is 13.3. The third kappa shape index (κ3) is 3.07. The molecule has 2 aromatic rings. The Hall–Kier alpha value is -0.710. The van der Waals surface area contributed by atoms with Crippen LogP contribution < -0.4 is 5.32 Å². The van der Waals surface area contributed by atoms with Crippen LogP contribution in [0.2, 0.25) is 0 Å². The topological polar surface area (TPSA) is 24.9 Å². The third-order valence-electron chi connectivity index (χ3n) is 3.37. The molecule has 0 aliphatic heterocycles. The number of hydrogen-bond acceptors (Lipinski definition) is 3. The fraction of sp³-hybridized carbons (Fsp3) is 0.400. The van der Waals surface area contributed by atoms with Gasteiger partial charge in [0.2, 0.25) is 0 Å². The van der Waals surface area contributed by atoms with Gasteiger partial charge >= 0.3 is 0 Å². The highest BCUT2D eigenvalue weighted by atomic mass is 79.9. The number of nitrogens with zero attached hydrogens (tertiary/aromatic N) is 1. The molecule has 4 heteroatoms. The first-order valence-corrected chi connectivity index (χ1v) is 8.25. The molecule has 0 atom stereocenters. The lowest BCUT2D eigenvalue weighted by molar-refractivity contribution is 0.812. The Balaban J connectivity index is 1.85. The van der Waals surface area contributed by atoms with Crippen LogP contribution in [-0.4, -0.2) is 12.0 Å². The molecule has 100 valence electrons. The maximum Gasteiger partial charge on any atom is 0.0975 e. The zero-order valence-corrected chi connectivity index (χ0v) is 13.4. The summed E-state index contributed by atoms with van der Waals surface area (Å²) in [6.45, 7) is 0.944. The molecule has 0 saturated heterocycles. The fourth-order valence-corrected chi connectivity index (χ4v) is 3.87. The van der Waals surface area contributed by atoms with Gasteiger partial charge in [-0.15, -0.1) is 11.3 Å². The van der Waals surface area contributed by atoms with E-state index in [0.717, 1.165) is 18.9 Å². The molecule has 0 spiro atoms. The summed E-state index contributed by atoms with van der Waals surface area (Å²) in [5.41, 5.74) is 2.66. The molecule has 0 bridgehead atoms. The molecule has 3 rings (SSSR count). The summed E-state index contributed by atoms with van der Waals surface area (Å²) in [5.74, 6) is 0.729. The normalized spacial score (nSPS) is 14.8. The standard InChI is InChI=1S/C15H17BrN2S/c1-17-9-13-15(10-6-7-10)18-14(19-13)8-11-4-2-3-5-12(11)16/h2-5,10,17H,6-9H2,1H3. The van der Waals surface area contributed by atoms with Crippen LogP contribution in [0.15, 0.2) is 28.7 Å². The number of rotatable bonds is 5. The van der Waals surface area contributed by atoms with E-state index in [4.69, 9.17) is 4.98 Å². The molecular weight excluding hydrogens is 320 g/mol. The Morgan fingerprint density at radius 2 is 2.16 bits per heavy atom. The van der Waals surface area contributed by atoms with Crippen molar-refractivity contribution in [2.24, 2.45) is 0 Å². The van der Waals surface area contributed by atoms with E-state index in [1.54, 1.807) is 0 Å². The molecule has 0 radical (unpaired) electrons. The highest BCUT2D eigenvalue weighted by molar-refractivity contribution is 9.10. The Kier molecular flexibility index (Phi) is 4.01. The molecule has 2 nitrogen and oxygen atoms in total. The number of aromatic nitrogens is 1. The van der Waals surface area contributed by atoms with Crippen molar-refractivity contribution in [2.75, 3.05) is 7.05 Å². The van der Waals surface area contributed by atoms with Gasteiger partial charge in [-0.3, -0.25) is 0 Å². The molecule has 0 amide bonds. The van der Waals surface area contributed by atoms with Crippen LogP contribution in [0.25, 0.3) is 0 Å². The molecule has 1 saturated carbocycles. The van der Waals surface area contributed by atoms with Crippen LogP contribution in [-0.2, 0) is 13.0 Å². The van der Waals surface area contributed by atoms with Crippen molar-refractivity contribution < 1.29 is 0 Å². The quantitative estimate of drug-likeness (QED) is 0.889. The van der Waals surface area contributed by atoms with Crippen molar-refractivity contribution in [3.8, 4) is 0 Å². The number of nitrogens with one attached hydrogen (secondary N) is 1. The average Bonchev–Trinajstić information content (AvgIpc) is 3.17. The van der Waals surface area contributed by atoms with Gasteiger partial charge in [-0.25, -0.2) is 4.98 Å². The van der Waals surface area contributed by atoms with E-state index in [-0.39, 0.29) is 0 Å². The minimum atomic E-state index is 0.729. The van der Waals surface area contributed by atoms with Gasteiger partial charge in [0.25, 0.3) is 0 Å². The summed E-state index contributed by atoms with van der Waals surface area (Å²) in [5, 5.41) is 4.49. The number of hydrogen-bond donors (Lipinski definition) is 1. The second-order valence-electron chi connectivity index (χ2n) is 4.99. The maximum absolute atomic E-state index is 4.88. The van der Waals surface area contributed by atoms with Crippen molar-refractivity contribution >= 4 is 27.3 Å². The van der Waals surface area contributed by atoms with Gasteiger partial charge in [0.05, 0.1) is 10.7 Å². The number of halogens is 1. The summed E-state index contributed by atoms with van der Waals surface area (Å²) >= 11 is 5.48. The van der Waals surface area contributed by atoms with Gasteiger partial charge < -0.3 is 5.32 Å². The summed E-state index contributed by atoms with van der Waals surface area (Å²) in [7, 11) is 2.00. The van der Waals surface area contributed by atoms with E-state index >= 15 is 0 Å². The summed E-state index contributed by atoms with van der Waals surface area (Å²) in [6.07, 6.45) is 3.55. The molecule has 1 heterocycles. The maximum atomic E-state index is 4.88. The Bertz CT molecular complexity index is 575. The number of benzene rings is 1. The van der Waals surface area contributed by atoms with Crippen LogP contribution in [0.5, 0.6) is 0 Å².